The van der Waals surface area contributed by atoms with Crippen LogP contribution < -0.4 is 15.4 Å². The predicted molar refractivity (Wildman–Crippen MR) is 135 cm³/mol. The summed E-state index contributed by atoms with van der Waals surface area (Å²) in [6.07, 6.45) is 6.79. The van der Waals surface area contributed by atoms with Gasteiger partial charge in [0.1, 0.15) is 5.75 Å². The second-order valence-corrected chi connectivity index (χ2v) is 8.47. The Hall–Kier alpha value is -2.10. The first-order valence-corrected chi connectivity index (χ1v) is 11.3. The molecule has 1 aliphatic heterocycles. The molecule has 2 amide bonds. The number of amides is 2. The van der Waals surface area contributed by atoms with Gasteiger partial charge in [0.2, 0.25) is 11.8 Å². The van der Waals surface area contributed by atoms with Gasteiger partial charge < -0.3 is 15.4 Å². The van der Waals surface area contributed by atoms with E-state index in [1.165, 1.54) is 10.5 Å². The summed E-state index contributed by atoms with van der Waals surface area (Å²) >= 11 is 0. The number of nitrogens with zero attached hydrogens (tertiary/aromatic N) is 2. The third-order valence-corrected chi connectivity index (χ3v) is 6.58. The van der Waals surface area contributed by atoms with Gasteiger partial charge in [-0.15, -0.1) is 24.0 Å². The van der Waals surface area contributed by atoms with E-state index >= 15 is 0 Å². The van der Waals surface area contributed by atoms with Crippen LogP contribution in [0.4, 0.5) is 0 Å². The molecule has 174 valence electrons. The van der Waals surface area contributed by atoms with Crippen LogP contribution in [0.1, 0.15) is 25.3 Å². The number of benzene rings is 1. The molecule has 1 aromatic rings. The van der Waals surface area contributed by atoms with Crippen LogP contribution in [0, 0.1) is 23.7 Å². The number of aliphatic imine (C=N–C) groups is 1. The van der Waals surface area contributed by atoms with Crippen LogP contribution in [0.3, 0.4) is 0 Å². The molecule has 0 spiro atoms. The van der Waals surface area contributed by atoms with Gasteiger partial charge in [0.25, 0.3) is 0 Å². The van der Waals surface area contributed by atoms with Crippen LogP contribution in [0.5, 0.6) is 5.75 Å². The minimum Gasteiger partial charge on any atom is -0.497 e. The zero-order valence-electron chi connectivity index (χ0n) is 18.8. The Balaban J connectivity index is 0.00000289. The Bertz CT molecular complexity index is 841. The highest BCUT2D eigenvalue weighted by Crippen LogP contribution is 2.52. The van der Waals surface area contributed by atoms with Gasteiger partial charge >= 0.3 is 0 Å². The molecule has 0 radical (unpaired) electrons. The van der Waals surface area contributed by atoms with Gasteiger partial charge in [0.15, 0.2) is 5.96 Å². The summed E-state index contributed by atoms with van der Waals surface area (Å²) in [5, 5.41) is 6.60. The fraction of sp³-hybridized carbons (Fsp3) is 0.542. The van der Waals surface area contributed by atoms with Crippen molar-refractivity contribution >= 4 is 41.8 Å². The molecule has 0 aromatic heterocycles. The van der Waals surface area contributed by atoms with E-state index in [0.717, 1.165) is 37.6 Å². The number of halogens is 1. The van der Waals surface area contributed by atoms with E-state index in [1.54, 1.807) is 7.11 Å². The van der Waals surface area contributed by atoms with Gasteiger partial charge in [-0.1, -0.05) is 24.3 Å². The highest BCUT2D eigenvalue weighted by atomic mass is 127. The summed E-state index contributed by atoms with van der Waals surface area (Å²) in [4.78, 5) is 31.6. The molecular weight excluding hydrogens is 519 g/mol. The highest BCUT2D eigenvalue weighted by Gasteiger charge is 2.58. The predicted octanol–water partition coefficient (Wildman–Crippen LogP) is 2.61. The molecule has 1 saturated heterocycles. The van der Waals surface area contributed by atoms with Crippen molar-refractivity contribution in [3.05, 3.63) is 42.0 Å². The number of carbonyl (C=O) groups is 2. The third-order valence-electron chi connectivity index (χ3n) is 6.58. The van der Waals surface area contributed by atoms with Crippen molar-refractivity contribution < 1.29 is 14.3 Å². The molecule has 4 unspecified atom stereocenters. The number of hydrogen-bond acceptors (Lipinski definition) is 4. The van der Waals surface area contributed by atoms with E-state index in [0.29, 0.717) is 19.5 Å². The van der Waals surface area contributed by atoms with Crippen LogP contribution >= 0.6 is 24.0 Å². The number of likely N-dealkylation sites (tertiary alicyclic amines) is 1. The normalized spacial score (nSPS) is 25.7. The minimum absolute atomic E-state index is 0. The summed E-state index contributed by atoms with van der Waals surface area (Å²) in [5.74, 6) is 1.99. The van der Waals surface area contributed by atoms with Crippen LogP contribution in [-0.4, -0.2) is 56.0 Å². The number of hydrogen-bond donors (Lipinski definition) is 2. The number of allylic oxidation sites excluding steroid dienone is 2. The topological polar surface area (TPSA) is 83.0 Å². The molecule has 2 bridgehead atoms. The number of methoxy groups -OCH3 is 1. The van der Waals surface area contributed by atoms with E-state index in [-0.39, 0.29) is 59.5 Å². The monoisotopic (exact) mass is 552 g/mol. The third kappa shape index (κ3) is 5.10. The second kappa shape index (κ2) is 11.2. The Labute approximate surface area is 207 Å². The molecule has 32 heavy (non-hydrogen) atoms. The van der Waals surface area contributed by atoms with Crippen LogP contribution in [0.2, 0.25) is 0 Å². The lowest BCUT2D eigenvalue weighted by molar-refractivity contribution is -0.140. The fourth-order valence-electron chi connectivity index (χ4n) is 5.06. The first-order chi connectivity index (χ1) is 15.1. The molecule has 1 saturated carbocycles. The van der Waals surface area contributed by atoms with Gasteiger partial charge in [0, 0.05) is 26.2 Å². The lowest BCUT2D eigenvalue weighted by atomic mass is 9.85. The largest absolute Gasteiger partial charge is 0.497 e. The summed E-state index contributed by atoms with van der Waals surface area (Å²) in [6.45, 7) is 4.59. The van der Waals surface area contributed by atoms with Gasteiger partial charge in [-0.3, -0.25) is 19.5 Å². The Kier molecular flexibility index (Phi) is 8.56. The van der Waals surface area contributed by atoms with Crippen molar-refractivity contribution in [1.29, 1.82) is 0 Å². The Morgan fingerprint density at radius 1 is 1.09 bits per heavy atom. The SMILES string of the molecule is CCNC(=NCCCN1C(=O)C2C3C=CC(C3)C2C1=O)NCCc1ccc(OC)cc1.I. The standard InChI is InChI=1S/C24H32N4O3.HI/c1-3-25-24(27-13-11-16-5-9-19(31-2)10-6-16)26-12-4-14-28-22(29)20-17-7-8-18(15-17)21(20)23(28)30;/h5-10,17-18,20-21H,3-4,11-15H2,1-2H3,(H2,25,26,27);1H. The molecule has 2 fully saturated rings. The number of carbonyl (C=O) groups excluding carboxylic acids is 2. The Morgan fingerprint density at radius 3 is 2.34 bits per heavy atom. The molecule has 2 N–H and O–H groups in total. The number of imide groups is 1. The molecular formula is C24H33IN4O3. The number of guanidine groups is 1. The van der Waals surface area contributed by atoms with Crippen molar-refractivity contribution in [2.24, 2.45) is 28.7 Å². The molecule has 1 aromatic carbocycles. The van der Waals surface area contributed by atoms with Crippen molar-refractivity contribution in [2.45, 2.75) is 26.2 Å². The maximum absolute atomic E-state index is 12.7. The van der Waals surface area contributed by atoms with E-state index < -0.39 is 0 Å². The first kappa shape index (κ1) is 24.5. The summed E-state index contributed by atoms with van der Waals surface area (Å²) in [6, 6.07) is 8.05. The lowest BCUT2D eigenvalue weighted by Gasteiger charge is -2.17. The lowest BCUT2D eigenvalue weighted by Crippen LogP contribution is -2.38. The molecule has 3 aliphatic rings. The second-order valence-electron chi connectivity index (χ2n) is 8.47. The van der Waals surface area contributed by atoms with E-state index in [4.69, 9.17) is 4.74 Å². The molecule has 8 heteroatoms. The molecule has 7 nitrogen and oxygen atoms in total. The van der Waals surface area contributed by atoms with Gasteiger partial charge in [-0.2, -0.15) is 0 Å². The maximum atomic E-state index is 12.7. The molecule has 4 rings (SSSR count). The van der Waals surface area contributed by atoms with Crippen LogP contribution in [-0.2, 0) is 16.0 Å². The average Bonchev–Trinajstić information content (AvgIpc) is 3.46. The van der Waals surface area contributed by atoms with Crippen LogP contribution in [0.25, 0.3) is 0 Å². The number of fused-ring (bicyclic) bond motifs is 5. The van der Waals surface area contributed by atoms with Crippen LogP contribution in [0.15, 0.2) is 41.4 Å². The molecule has 4 atom stereocenters. The summed E-state index contributed by atoms with van der Waals surface area (Å²) in [5.41, 5.74) is 1.23. The molecule has 2 aliphatic carbocycles. The smallest absolute Gasteiger partial charge is 0.233 e. The minimum atomic E-state index is -0.108. The number of ether oxygens (including phenoxy) is 1. The number of rotatable bonds is 9. The van der Waals surface area contributed by atoms with Gasteiger partial charge in [-0.05, 0) is 55.7 Å². The molecule has 1 heterocycles. The van der Waals surface area contributed by atoms with E-state index in [2.05, 4.69) is 39.9 Å². The van der Waals surface area contributed by atoms with Crippen molar-refractivity contribution in [3.63, 3.8) is 0 Å². The van der Waals surface area contributed by atoms with Gasteiger partial charge in [-0.25, -0.2) is 0 Å². The van der Waals surface area contributed by atoms with Crippen molar-refractivity contribution in [1.82, 2.24) is 15.5 Å². The fourth-order valence-corrected chi connectivity index (χ4v) is 5.06. The zero-order valence-corrected chi connectivity index (χ0v) is 21.1. The highest BCUT2D eigenvalue weighted by molar-refractivity contribution is 14.0. The maximum Gasteiger partial charge on any atom is 0.233 e. The summed E-state index contributed by atoms with van der Waals surface area (Å²) in [7, 11) is 1.66. The van der Waals surface area contributed by atoms with E-state index in [1.807, 2.05) is 19.1 Å². The average molecular weight is 552 g/mol. The zero-order chi connectivity index (χ0) is 21.8. The summed E-state index contributed by atoms with van der Waals surface area (Å²) < 4.78 is 5.19. The first-order valence-electron chi connectivity index (χ1n) is 11.3. The van der Waals surface area contributed by atoms with E-state index in [9.17, 15) is 9.59 Å². The van der Waals surface area contributed by atoms with Crippen molar-refractivity contribution in [3.8, 4) is 5.75 Å². The Morgan fingerprint density at radius 2 is 1.75 bits per heavy atom. The number of nitrogens with one attached hydrogen (secondary N) is 2. The van der Waals surface area contributed by atoms with Crippen molar-refractivity contribution in [2.75, 3.05) is 33.3 Å². The van der Waals surface area contributed by atoms with Gasteiger partial charge in [0.05, 0.1) is 18.9 Å². The quantitative estimate of drug-likeness (QED) is 0.123.